The minimum absolute atomic E-state index is 0.304. The summed E-state index contributed by atoms with van der Waals surface area (Å²) in [5, 5.41) is 17.2. The lowest BCUT2D eigenvalue weighted by Gasteiger charge is -2.19. The van der Waals surface area contributed by atoms with E-state index in [1.807, 2.05) is 60.3 Å². The summed E-state index contributed by atoms with van der Waals surface area (Å²) in [5.74, 6) is 0.529. The first-order valence-electron chi connectivity index (χ1n) is 10.2. The molecular formula is C22H23N9O3. The van der Waals surface area contributed by atoms with Gasteiger partial charge in [-0.3, -0.25) is 20.1 Å². The van der Waals surface area contributed by atoms with E-state index in [-0.39, 0.29) is 0 Å². The number of hydrogen-bond acceptors (Lipinski definition) is 8. The zero-order chi connectivity index (χ0) is 24.2. The largest absolute Gasteiger partial charge is 0.357 e. The van der Waals surface area contributed by atoms with Crippen LogP contribution in [0.3, 0.4) is 0 Å². The first-order valence-corrected chi connectivity index (χ1v) is 10.2. The number of nitrogens with one attached hydrogen (secondary N) is 4. The number of carbonyl (C=O) groups excluding carboxylic acids is 2. The van der Waals surface area contributed by atoms with E-state index in [9.17, 15) is 9.59 Å². The van der Waals surface area contributed by atoms with Crippen molar-refractivity contribution in [1.82, 2.24) is 36.1 Å². The first-order chi connectivity index (χ1) is 16.4. The SMILES string of the molecule is Cc1c2ccc(N(C)c3ccnc(Nc4ccc(C(=O)NNC(=O)NO)cc4)n3)cc2nn1C. The van der Waals surface area contributed by atoms with Crippen LogP contribution in [0.15, 0.2) is 54.7 Å². The minimum atomic E-state index is -0.955. The van der Waals surface area contributed by atoms with Gasteiger partial charge in [-0.1, -0.05) is 0 Å². The molecule has 0 aliphatic rings. The van der Waals surface area contributed by atoms with Gasteiger partial charge < -0.3 is 10.2 Å². The summed E-state index contributed by atoms with van der Waals surface area (Å²) in [6, 6.07) is 13.4. The van der Waals surface area contributed by atoms with Gasteiger partial charge in [-0.15, -0.1) is 0 Å². The Bertz CT molecular complexity index is 1350. The van der Waals surface area contributed by atoms with Crippen LogP contribution < -0.4 is 26.5 Å². The average Bonchev–Trinajstić information content (AvgIpc) is 3.15. The molecular weight excluding hydrogens is 438 g/mol. The number of amides is 3. The number of fused-ring (bicyclic) bond motifs is 1. The van der Waals surface area contributed by atoms with Crippen LogP contribution in [-0.4, -0.2) is 43.9 Å². The van der Waals surface area contributed by atoms with Gasteiger partial charge in [0.15, 0.2) is 0 Å². The Labute approximate surface area is 194 Å². The van der Waals surface area contributed by atoms with E-state index in [2.05, 4.69) is 25.8 Å². The van der Waals surface area contributed by atoms with Crippen molar-refractivity contribution in [3.05, 3.63) is 66.0 Å². The summed E-state index contributed by atoms with van der Waals surface area (Å²) in [6.45, 7) is 2.03. The van der Waals surface area contributed by atoms with Crippen LogP contribution >= 0.6 is 0 Å². The molecule has 0 saturated carbocycles. The Balaban J connectivity index is 1.46. The maximum Gasteiger partial charge on any atom is 0.357 e. The van der Waals surface area contributed by atoms with Crippen molar-refractivity contribution in [2.75, 3.05) is 17.3 Å². The summed E-state index contributed by atoms with van der Waals surface area (Å²) < 4.78 is 1.86. The standard InChI is InChI=1S/C22H23N9O3/c1-13-17-9-8-16(12-18(17)28-31(13)3)30(2)19-10-11-23-21(25-19)24-15-6-4-14(5-7-15)20(32)26-27-22(33)29-34/h4-12,34H,1-3H3,(H,26,32)(H,23,24,25)(H2,27,29,33). The fraction of sp³-hybridized carbons (Fsp3) is 0.136. The predicted molar refractivity (Wildman–Crippen MR) is 126 cm³/mol. The second-order valence-corrected chi connectivity index (χ2v) is 7.43. The highest BCUT2D eigenvalue weighted by Crippen LogP contribution is 2.27. The number of aromatic nitrogens is 4. The smallest absolute Gasteiger partial charge is 0.329 e. The Hall–Kier alpha value is -4.71. The molecule has 0 aliphatic carbocycles. The van der Waals surface area contributed by atoms with Crippen molar-refractivity contribution in [2.45, 2.75) is 6.92 Å². The Morgan fingerprint density at radius 1 is 1.06 bits per heavy atom. The molecule has 0 aliphatic heterocycles. The van der Waals surface area contributed by atoms with E-state index in [1.54, 1.807) is 30.5 Å². The lowest BCUT2D eigenvalue weighted by Crippen LogP contribution is -2.45. The maximum absolute atomic E-state index is 12.0. The number of hydrazine groups is 1. The molecule has 0 spiro atoms. The molecule has 0 fully saturated rings. The highest BCUT2D eigenvalue weighted by molar-refractivity contribution is 5.95. The molecule has 0 saturated heterocycles. The zero-order valence-corrected chi connectivity index (χ0v) is 18.7. The second kappa shape index (κ2) is 9.42. The predicted octanol–water partition coefficient (Wildman–Crippen LogP) is 2.52. The normalized spacial score (nSPS) is 10.6. The van der Waals surface area contributed by atoms with Crippen molar-refractivity contribution in [3.63, 3.8) is 0 Å². The molecule has 0 unspecified atom stereocenters. The molecule has 2 aromatic heterocycles. The van der Waals surface area contributed by atoms with Gasteiger partial charge in [0.25, 0.3) is 5.91 Å². The Morgan fingerprint density at radius 2 is 1.82 bits per heavy atom. The molecule has 34 heavy (non-hydrogen) atoms. The molecule has 12 nitrogen and oxygen atoms in total. The summed E-state index contributed by atoms with van der Waals surface area (Å²) in [4.78, 5) is 33.7. The summed E-state index contributed by atoms with van der Waals surface area (Å²) in [7, 11) is 3.84. The van der Waals surface area contributed by atoms with E-state index >= 15 is 0 Å². The van der Waals surface area contributed by atoms with Crippen LogP contribution in [0.2, 0.25) is 0 Å². The molecule has 2 heterocycles. The molecule has 4 rings (SSSR count). The zero-order valence-electron chi connectivity index (χ0n) is 18.7. The highest BCUT2D eigenvalue weighted by atomic mass is 16.5. The number of hydrogen-bond donors (Lipinski definition) is 5. The number of carbonyl (C=O) groups is 2. The minimum Gasteiger partial charge on any atom is -0.329 e. The van der Waals surface area contributed by atoms with E-state index in [1.165, 1.54) is 5.48 Å². The van der Waals surface area contributed by atoms with Crippen molar-refractivity contribution in [2.24, 2.45) is 7.05 Å². The van der Waals surface area contributed by atoms with Crippen LogP contribution in [0.25, 0.3) is 10.9 Å². The number of nitrogens with zero attached hydrogens (tertiary/aromatic N) is 5. The number of aryl methyl sites for hydroxylation is 2. The van der Waals surface area contributed by atoms with E-state index in [0.29, 0.717) is 23.0 Å². The Morgan fingerprint density at radius 3 is 2.56 bits per heavy atom. The molecule has 0 atom stereocenters. The van der Waals surface area contributed by atoms with Crippen LogP contribution in [0, 0.1) is 6.92 Å². The third-order valence-electron chi connectivity index (χ3n) is 5.28. The molecule has 5 N–H and O–H groups in total. The number of urea groups is 1. The molecule has 174 valence electrons. The summed E-state index contributed by atoms with van der Waals surface area (Å²) in [6.07, 6.45) is 1.66. The summed E-state index contributed by atoms with van der Waals surface area (Å²) >= 11 is 0. The van der Waals surface area contributed by atoms with Crippen molar-refractivity contribution in [1.29, 1.82) is 0 Å². The number of anilines is 4. The molecule has 0 radical (unpaired) electrons. The Kier molecular flexibility index (Phi) is 6.23. The van der Waals surface area contributed by atoms with E-state index < -0.39 is 11.9 Å². The molecule has 2 aromatic carbocycles. The van der Waals surface area contributed by atoms with Gasteiger partial charge in [0.2, 0.25) is 5.95 Å². The molecule has 3 amide bonds. The monoisotopic (exact) mass is 461 g/mol. The van der Waals surface area contributed by atoms with Crippen LogP contribution in [-0.2, 0) is 7.05 Å². The third-order valence-corrected chi connectivity index (χ3v) is 5.28. The van der Waals surface area contributed by atoms with Crippen molar-refractivity contribution in [3.8, 4) is 0 Å². The maximum atomic E-state index is 12.0. The first kappa shape index (κ1) is 22.5. The van der Waals surface area contributed by atoms with Crippen LogP contribution in [0.5, 0.6) is 0 Å². The lowest BCUT2D eigenvalue weighted by molar-refractivity contribution is 0.0927. The average molecular weight is 461 g/mol. The topological polar surface area (TPSA) is 149 Å². The highest BCUT2D eigenvalue weighted by Gasteiger charge is 2.12. The number of hydroxylamine groups is 1. The fourth-order valence-corrected chi connectivity index (χ4v) is 3.30. The van der Waals surface area contributed by atoms with Gasteiger partial charge in [0.1, 0.15) is 5.82 Å². The number of rotatable bonds is 5. The van der Waals surface area contributed by atoms with Gasteiger partial charge in [-0.2, -0.15) is 10.1 Å². The van der Waals surface area contributed by atoms with Gasteiger partial charge in [0.05, 0.1) is 5.52 Å². The van der Waals surface area contributed by atoms with Crippen molar-refractivity contribution < 1.29 is 14.8 Å². The van der Waals surface area contributed by atoms with Crippen LogP contribution in [0.4, 0.5) is 27.9 Å². The quantitative estimate of drug-likeness (QED) is 0.225. The van der Waals surface area contributed by atoms with Gasteiger partial charge in [-0.25, -0.2) is 20.7 Å². The fourth-order valence-electron chi connectivity index (χ4n) is 3.30. The third kappa shape index (κ3) is 4.71. The van der Waals surface area contributed by atoms with Gasteiger partial charge in [-0.05, 0) is 55.5 Å². The molecule has 12 heteroatoms. The van der Waals surface area contributed by atoms with E-state index in [4.69, 9.17) is 5.21 Å². The van der Waals surface area contributed by atoms with Gasteiger partial charge in [0, 0.05) is 48.3 Å². The lowest BCUT2D eigenvalue weighted by atomic mass is 10.2. The van der Waals surface area contributed by atoms with Gasteiger partial charge >= 0.3 is 6.03 Å². The van der Waals surface area contributed by atoms with Crippen molar-refractivity contribution >= 4 is 46.0 Å². The van der Waals surface area contributed by atoms with E-state index in [0.717, 1.165) is 22.3 Å². The van der Waals surface area contributed by atoms with Crippen LogP contribution in [0.1, 0.15) is 16.1 Å². The molecule has 4 aromatic rings. The summed E-state index contributed by atoms with van der Waals surface area (Å²) in [5.41, 5.74) is 9.41. The number of benzene rings is 2. The second-order valence-electron chi connectivity index (χ2n) is 7.43. The molecule has 0 bridgehead atoms.